The maximum absolute atomic E-state index is 12.1. The molecule has 0 spiro atoms. The molecule has 24 heavy (non-hydrogen) atoms. The molecular formula is C18H25NO5. The van der Waals surface area contributed by atoms with Crippen LogP contribution in [0, 0.1) is 11.8 Å². The summed E-state index contributed by atoms with van der Waals surface area (Å²) >= 11 is 0. The Morgan fingerprint density at radius 3 is 2.58 bits per heavy atom. The summed E-state index contributed by atoms with van der Waals surface area (Å²) in [6.07, 6.45) is 3.25. The zero-order chi connectivity index (χ0) is 17.5. The summed E-state index contributed by atoms with van der Waals surface area (Å²) in [5.74, 6) is -0.738. The number of methoxy groups -OCH3 is 1. The van der Waals surface area contributed by atoms with E-state index in [2.05, 4.69) is 12.2 Å². The fourth-order valence-corrected chi connectivity index (χ4v) is 2.70. The lowest BCUT2D eigenvalue weighted by Gasteiger charge is -2.31. The molecule has 6 nitrogen and oxygen atoms in total. The number of nitrogens with one attached hydrogen (secondary N) is 1. The van der Waals surface area contributed by atoms with Crippen molar-refractivity contribution in [3.8, 4) is 11.5 Å². The van der Waals surface area contributed by atoms with Gasteiger partial charge in [0.25, 0.3) is 0 Å². The van der Waals surface area contributed by atoms with E-state index in [0.717, 1.165) is 18.4 Å². The molecule has 2 unspecified atom stereocenters. The van der Waals surface area contributed by atoms with Gasteiger partial charge < -0.3 is 19.9 Å². The molecule has 1 aromatic rings. The van der Waals surface area contributed by atoms with E-state index in [1.54, 1.807) is 7.11 Å². The molecule has 0 bridgehead atoms. The molecule has 2 N–H and O–H groups in total. The molecule has 1 fully saturated rings. The third-order valence-corrected chi connectivity index (χ3v) is 4.38. The maximum Gasteiger partial charge on any atom is 0.307 e. The molecule has 0 heterocycles. The quantitative estimate of drug-likeness (QED) is 0.678. The first-order chi connectivity index (χ1) is 11.6. The predicted molar refractivity (Wildman–Crippen MR) is 89.1 cm³/mol. The van der Waals surface area contributed by atoms with Crippen LogP contribution in [0.4, 0.5) is 0 Å². The van der Waals surface area contributed by atoms with Gasteiger partial charge in [-0.1, -0.05) is 19.4 Å². The summed E-state index contributed by atoms with van der Waals surface area (Å²) < 4.78 is 11.0. The first kappa shape index (κ1) is 18.1. The van der Waals surface area contributed by atoms with Gasteiger partial charge in [-0.2, -0.15) is 0 Å². The number of amides is 1. The highest BCUT2D eigenvalue weighted by Gasteiger charge is 2.41. The van der Waals surface area contributed by atoms with Gasteiger partial charge in [0, 0.05) is 6.54 Å². The average Bonchev–Trinajstić information content (AvgIpc) is 2.52. The molecule has 1 amide bonds. The minimum atomic E-state index is -0.892. The number of hydrogen-bond donors (Lipinski definition) is 2. The fraction of sp³-hybridized carbons (Fsp3) is 0.556. The van der Waals surface area contributed by atoms with E-state index in [0.29, 0.717) is 37.5 Å². The molecule has 132 valence electrons. The van der Waals surface area contributed by atoms with Crippen LogP contribution in [-0.2, 0) is 16.1 Å². The topological polar surface area (TPSA) is 84.9 Å². The van der Waals surface area contributed by atoms with Gasteiger partial charge in [-0.25, -0.2) is 0 Å². The molecule has 0 aromatic heterocycles. The number of unbranched alkanes of at least 4 members (excludes halogenated alkanes) is 1. The summed E-state index contributed by atoms with van der Waals surface area (Å²) in [6, 6.07) is 5.54. The minimum absolute atomic E-state index is 0.198. The number of ether oxygens (including phenoxy) is 2. The highest BCUT2D eigenvalue weighted by molar-refractivity contribution is 5.86. The number of carboxylic acids is 1. The second-order valence-corrected chi connectivity index (χ2v) is 6.03. The van der Waals surface area contributed by atoms with Gasteiger partial charge in [-0.15, -0.1) is 0 Å². The smallest absolute Gasteiger partial charge is 0.307 e. The van der Waals surface area contributed by atoms with Crippen molar-refractivity contribution in [3.05, 3.63) is 23.8 Å². The molecule has 0 radical (unpaired) electrons. The monoisotopic (exact) mass is 335 g/mol. The van der Waals surface area contributed by atoms with Crippen LogP contribution in [0.1, 0.15) is 38.2 Å². The molecular weight excluding hydrogens is 310 g/mol. The predicted octanol–water partition coefficient (Wildman–Crippen LogP) is 2.60. The Kier molecular flexibility index (Phi) is 6.46. The first-order valence-electron chi connectivity index (χ1n) is 8.37. The van der Waals surface area contributed by atoms with E-state index in [9.17, 15) is 9.59 Å². The molecule has 2 rings (SSSR count). The number of aliphatic carboxylic acids is 1. The van der Waals surface area contributed by atoms with E-state index >= 15 is 0 Å². The van der Waals surface area contributed by atoms with Crippen LogP contribution in [0.15, 0.2) is 18.2 Å². The van der Waals surface area contributed by atoms with Gasteiger partial charge in [0.2, 0.25) is 5.91 Å². The molecule has 1 aromatic carbocycles. The molecule has 1 saturated carbocycles. The molecule has 1 aliphatic carbocycles. The Labute approximate surface area is 142 Å². The van der Waals surface area contributed by atoms with Crippen LogP contribution in [0.25, 0.3) is 0 Å². The van der Waals surface area contributed by atoms with E-state index in [1.165, 1.54) is 0 Å². The van der Waals surface area contributed by atoms with Crippen molar-refractivity contribution in [2.75, 3.05) is 13.7 Å². The van der Waals surface area contributed by atoms with E-state index in [4.69, 9.17) is 14.6 Å². The number of carboxylic acid groups (broad SMARTS) is 1. The zero-order valence-electron chi connectivity index (χ0n) is 14.2. The van der Waals surface area contributed by atoms with Gasteiger partial charge in [0.05, 0.1) is 25.6 Å². The first-order valence-corrected chi connectivity index (χ1v) is 8.37. The van der Waals surface area contributed by atoms with Crippen LogP contribution in [0.2, 0.25) is 0 Å². The Morgan fingerprint density at radius 1 is 1.25 bits per heavy atom. The fourth-order valence-electron chi connectivity index (χ4n) is 2.70. The summed E-state index contributed by atoms with van der Waals surface area (Å²) in [7, 11) is 1.58. The second kappa shape index (κ2) is 8.57. The Balaban J connectivity index is 1.90. The number of benzene rings is 1. The second-order valence-electron chi connectivity index (χ2n) is 6.03. The van der Waals surface area contributed by atoms with Gasteiger partial charge >= 0.3 is 5.97 Å². The van der Waals surface area contributed by atoms with Crippen LogP contribution in [0.5, 0.6) is 11.5 Å². The number of carbonyl (C=O) groups excluding carboxylic acids is 1. The van der Waals surface area contributed by atoms with Crippen molar-refractivity contribution in [1.82, 2.24) is 5.32 Å². The third kappa shape index (κ3) is 4.40. The lowest BCUT2D eigenvalue weighted by atomic mass is 9.73. The van der Waals surface area contributed by atoms with Crippen molar-refractivity contribution in [3.63, 3.8) is 0 Å². The normalized spacial score (nSPS) is 19.2. The maximum atomic E-state index is 12.1. The number of rotatable bonds is 9. The van der Waals surface area contributed by atoms with Crippen molar-refractivity contribution in [2.24, 2.45) is 11.8 Å². The number of hydrogen-bond acceptors (Lipinski definition) is 4. The largest absolute Gasteiger partial charge is 0.493 e. The summed E-state index contributed by atoms with van der Waals surface area (Å²) in [6.45, 7) is 3.08. The van der Waals surface area contributed by atoms with Crippen molar-refractivity contribution in [2.45, 2.75) is 39.2 Å². The average molecular weight is 335 g/mol. The standard InChI is InChI=1S/C18H25NO5/c1-3-4-9-24-15-8-5-12(10-16(15)23-2)11-19-17(20)13-6-7-14(13)18(21)22/h5,8,10,13-14H,3-4,6-7,9,11H2,1-2H3,(H,19,20)(H,21,22). The summed E-state index contributed by atoms with van der Waals surface area (Å²) in [5, 5.41) is 11.8. The van der Waals surface area contributed by atoms with Gasteiger partial charge in [-0.05, 0) is 37.0 Å². The van der Waals surface area contributed by atoms with E-state index < -0.39 is 17.8 Å². The lowest BCUT2D eigenvalue weighted by molar-refractivity contribution is -0.152. The number of carbonyl (C=O) groups is 2. The molecule has 0 aliphatic heterocycles. The SMILES string of the molecule is CCCCOc1ccc(CNC(=O)C2CCC2C(=O)O)cc1OC. The Morgan fingerprint density at radius 2 is 2.00 bits per heavy atom. The highest BCUT2D eigenvalue weighted by atomic mass is 16.5. The summed E-state index contributed by atoms with van der Waals surface area (Å²) in [5.41, 5.74) is 0.884. The molecule has 2 atom stereocenters. The van der Waals surface area contributed by atoms with Crippen LogP contribution in [0.3, 0.4) is 0 Å². The van der Waals surface area contributed by atoms with Gasteiger partial charge in [0.15, 0.2) is 11.5 Å². The van der Waals surface area contributed by atoms with Crippen LogP contribution >= 0.6 is 0 Å². The Hall–Kier alpha value is -2.24. The Bertz CT molecular complexity index is 587. The van der Waals surface area contributed by atoms with Crippen molar-refractivity contribution < 1.29 is 24.2 Å². The zero-order valence-corrected chi connectivity index (χ0v) is 14.2. The molecule has 6 heteroatoms. The van der Waals surface area contributed by atoms with Crippen LogP contribution < -0.4 is 14.8 Å². The summed E-state index contributed by atoms with van der Waals surface area (Å²) in [4.78, 5) is 23.1. The molecule has 0 saturated heterocycles. The molecule has 1 aliphatic rings. The highest BCUT2D eigenvalue weighted by Crippen LogP contribution is 2.34. The lowest BCUT2D eigenvalue weighted by Crippen LogP contribution is -2.43. The van der Waals surface area contributed by atoms with Gasteiger partial charge in [0.1, 0.15) is 0 Å². The van der Waals surface area contributed by atoms with Crippen LogP contribution in [-0.4, -0.2) is 30.7 Å². The third-order valence-electron chi connectivity index (χ3n) is 4.38. The van der Waals surface area contributed by atoms with E-state index in [1.807, 2.05) is 18.2 Å². The van der Waals surface area contributed by atoms with E-state index in [-0.39, 0.29) is 5.91 Å². The minimum Gasteiger partial charge on any atom is -0.493 e. The van der Waals surface area contributed by atoms with Crippen molar-refractivity contribution >= 4 is 11.9 Å². The van der Waals surface area contributed by atoms with Crippen molar-refractivity contribution in [1.29, 1.82) is 0 Å². The van der Waals surface area contributed by atoms with Gasteiger partial charge in [-0.3, -0.25) is 9.59 Å².